The van der Waals surface area contributed by atoms with E-state index in [1.54, 1.807) is 53.4 Å². The topological polar surface area (TPSA) is 104 Å². The van der Waals surface area contributed by atoms with Crippen molar-refractivity contribution in [1.29, 1.82) is 0 Å². The molecular weight excluding hydrogens is 406 g/mol. The van der Waals surface area contributed by atoms with Crippen molar-refractivity contribution in [1.82, 2.24) is 9.21 Å². The largest absolute Gasteiger partial charge is 0.339 e. The van der Waals surface area contributed by atoms with E-state index in [9.17, 15) is 22.8 Å². The average Bonchev–Trinajstić information content (AvgIpc) is 2.72. The van der Waals surface area contributed by atoms with Crippen molar-refractivity contribution in [2.75, 3.05) is 25.0 Å². The summed E-state index contributed by atoms with van der Waals surface area (Å²) in [5, 5.41) is 2.57. The molecule has 1 aliphatic heterocycles. The molecule has 9 heteroatoms. The van der Waals surface area contributed by atoms with Crippen LogP contribution in [-0.2, 0) is 20.6 Å². The van der Waals surface area contributed by atoms with Crippen LogP contribution in [0.2, 0.25) is 0 Å². The highest BCUT2D eigenvalue weighted by Crippen LogP contribution is 2.24. The van der Waals surface area contributed by atoms with E-state index in [1.807, 2.05) is 13.8 Å². The van der Waals surface area contributed by atoms with Gasteiger partial charge >= 0.3 is 0 Å². The first kappa shape index (κ1) is 21.5. The molecule has 3 amide bonds. The van der Waals surface area contributed by atoms with Crippen molar-refractivity contribution in [3.63, 3.8) is 0 Å². The van der Waals surface area contributed by atoms with Crippen molar-refractivity contribution >= 4 is 33.4 Å². The number of amides is 3. The van der Waals surface area contributed by atoms with Crippen LogP contribution in [0.4, 0.5) is 5.69 Å². The van der Waals surface area contributed by atoms with Gasteiger partial charge in [0.05, 0.1) is 5.75 Å². The van der Waals surface area contributed by atoms with Gasteiger partial charge in [0.25, 0.3) is 11.8 Å². The third-order valence-electron chi connectivity index (χ3n) is 4.90. The zero-order valence-electron chi connectivity index (χ0n) is 16.8. The number of carbonyl (C=O) groups is 3. The number of fused-ring (bicyclic) bond motifs is 1. The maximum absolute atomic E-state index is 12.6. The average molecular weight is 429 g/mol. The molecule has 1 N–H and O–H groups in total. The molecule has 1 heterocycles. The van der Waals surface area contributed by atoms with E-state index in [2.05, 4.69) is 5.32 Å². The first-order chi connectivity index (χ1) is 14.3. The second-order valence-corrected chi connectivity index (χ2v) is 8.72. The first-order valence-corrected chi connectivity index (χ1v) is 11.2. The van der Waals surface area contributed by atoms with Gasteiger partial charge < -0.3 is 10.2 Å². The Balaban J connectivity index is 1.70. The summed E-state index contributed by atoms with van der Waals surface area (Å²) < 4.78 is 25.5. The number of anilines is 1. The Bertz CT molecular complexity index is 1080. The Morgan fingerprint density at radius 1 is 1.03 bits per heavy atom. The first-order valence-electron chi connectivity index (χ1n) is 9.58. The van der Waals surface area contributed by atoms with Crippen LogP contribution in [-0.4, -0.2) is 55.0 Å². The van der Waals surface area contributed by atoms with Gasteiger partial charge in [0.2, 0.25) is 15.9 Å². The highest BCUT2D eigenvalue weighted by atomic mass is 32.2. The predicted molar refractivity (Wildman–Crippen MR) is 112 cm³/mol. The molecule has 0 fully saturated rings. The molecule has 0 aromatic heterocycles. The van der Waals surface area contributed by atoms with E-state index in [0.717, 1.165) is 0 Å². The van der Waals surface area contributed by atoms with Crippen LogP contribution in [0.25, 0.3) is 0 Å². The van der Waals surface area contributed by atoms with Crippen molar-refractivity contribution in [2.45, 2.75) is 19.6 Å². The predicted octanol–water partition coefficient (Wildman–Crippen LogP) is 2.09. The molecule has 158 valence electrons. The molecular formula is C21H23N3O5S. The van der Waals surface area contributed by atoms with Crippen molar-refractivity contribution in [2.24, 2.45) is 0 Å². The number of benzene rings is 2. The fraction of sp³-hybridized carbons (Fsp3) is 0.286. The SMILES string of the molecule is CCN(CC)C(=O)c1ccc(NC(=O)CN2C(=O)c3ccccc3CS2(=O)=O)cc1. The number of sulfonamides is 1. The lowest BCUT2D eigenvalue weighted by Crippen LogP contribution is -2.45. The van der Waals surface area contributed by atoms with Crippen molar-refractivity contribution < 1.29 is 22.8 Å². The highest BCUT2D eigenvalue weighted by Gasteiger charge is 2.36. The molecule has 0 saturated carbocycles. The minimum atomic E-state index is -3.93. The smallest absolute Gasteiger partial charge is 0.268 e. The maximum atomic E-state index is 12.6. The van der Waals surface area contributed by atoms with E-state index < -0.39 is 28.4 Å². The van der Waals surface area contributed by atoms with E-state index >= 15 is 0 Å². The van der Waals surface area contributed by atoms with E-state index in [0.29, 0.717) is 34.2 Å². The van der Waals surface area contributed by atoms with Crippen molar-refractivity contribution in [3.05, 3.63) is 65.2 Å². The van der Waals surface area contributed by atoms with Crippen LogP contribution in [0.5, 0.6) is 0 Å². The Kier molecular flexibility index (Phi) is 6.21. The van der Waals surface area contributed by atoms with Crippen LogP contribution in [0, 0.1) is 0 Å². The fourth-order valence-electron chi connectivity index (χ4n) is 3.28. The molecule has 0 spiro atoms. The molecule has 8 nitrogen and oxygen atoms in total. The zero-order valence-corrected chi connectivity index (χ0v) is 17.6. The fourth-order valence-corrected chi connectivity index (χ4v) is 4.75. The van der Waals surface area contributed by atoms with E-state index in [-0.39, 0.29) is 17.2 Å². The minimum Gasteiger partial charge on any atom is -0.339 e. The number of rotatable bonds is 6. The van der Waals surface area contributed by atoms with Gasteiger partial charge in [0.1, 0.15) is 6.54 Å². The lowest BCUT2D eigenvalue weighted by molar-refractivity contribution is -0.116. The van der Waals surface area contributed by atoms with Gasteiger partial charge in [0, 0.05) is 29.9 Å². The summed E-state index contributed by atoms with van der Waals surface area (Å²) >= 11 is 0. The lowest BCUT2D eigenvalue weighted by atomic mass is 10.1. The van der Waals surface area contributed by atoms with Crippen LogP contribution in [0.15, 0.2) is 48.5 Å². The minimum absolute atomic E-state index is 0.110. The van der Waals surface area contributed by atoms with E-state index in [1.165, 1.54) is 0 Å². The molecule has 0 radical (unpaired) electrons. The van der Waals surface area contributed by atoms with Crippen molar-refractivity contribution in [3.8, 4) is 0 Å². The summed E-state index contributed by atoms with van der Waals surface area (Å²) in [6, 6.07) is 12.8. The van der Waals surface area contributed by atoms with Gasteiger partial charge in [-0.15, -0.1) is 0 Å². The number of hydrogen-bond acceptors (Lipinski definition) is 5. The van der Waals surface area contributed by atoms with Gasteiger partial charge in [-0.1, -0.05) is 18.2 Å². The second kappa shape index (κ2) is 8.66. The third kappa shape index (κ3) is 4.35. The van der Waals surface area contributed by atoms with Crippen LogP contribution in [0.1, 0.15) is 40.1 Å². The quantitative estimate of drug-likeness (QED) is 0.757. The summed E-state index contributed by atoms with van der Waals surface area (Å²) in [5.41, 5.74) is 1.59. The molecule has 3 rings (SSSR count). The van der Waals surface area contributed by atoms with Crippen LogP contribution in [0.3, 0.4) is 0 Å². The third-order valence-corrected chi connectivity index (χ3v) is 6.54. The Hall–Kier alpha value is -3.20. The molecule has 0 saturated heterocycles. The summed E-state index contributed by atoms with van der Waals surface area (Å²) in [4.78, 5) is 39.0. The molecule has 2 aromatic rings. The van der Waals surface area contributed by atoms with E-state index in [4.69, 9.17) is 0 Å². The van der Waals surface area contributed by atoms with Crippen LogP contribution < -0.4 is 5.32 Å². The van der Waals surface area contributed by atoms with Gasteiger partial charge in [0.15, 0.2) is 0 Å². The van der Waals surface area contributed by atoms with Gasteiger partial charge in [-0.3, -0.25) is 14.4 Å². The molecule has 0 aliphatic carbocycles. The van der Waals surface area contributed by atoms with Gasteiger partial charge in [-0.2, -0.15) is 0 Å². The number of nitrogens with one attached hydrogen (secondary N) is 1. The standard InChI is InChI=1S/C21H23N3O5S/c1-3-23(4-2)20(26)15-9-11-17(12-10-15)22-19(25)13-24-21(27)18-8-6-5-7-16(18)14-30(24,28)29/h5-12H,3-4,13-14H2,1-2H3,(H,22,25). The summed E-state index contributed by atoms with van der Waals surface area (Å²) in [5.74, 6) is -1.80. The Morgan fingerprint density at radius 3 is 2.30 bits per heavy atom. The molecule has 2 aromatic carbocycles. The summed E-state index contributed by atoms with van der Waals surface area (Å²) in [7, 11) is -3.93. The highest BCUT2D eigenvalue weighted by molar-refractivity contribution is 7.89. The summed E-state index contributed by atoms with van der Waals surface area (Å²) in [6.45, 7) is 4.36. The Labute approximate surface area is 175 Å². The van der Waals surface area contributed by atoms with Crippen LogP contribution >= 0.6 is 0 Å². The Morgan fingerprint density at radius 2 is 1.67 bits per heavy atom. The molecule has 1 aliphatic rings. The summed E-state index contributed by atoms with van der Waals surface area (Å²) in [6.07, 6.45) is 0. The van der Waals surface area contributed by atoms with Gasteiger partial charge in [-0.25, -0.2) is 12.7 Å². The molecule has 0 atom stereocenters. The molecule has 0 unspecified atom stereocenters. The lowest BCUT2D eigenvalue weighted by Gasteiger charge is -2.27. The maximum Gasteiger partial charge on any atom is 0.268 e. The molecule has 0 bridgehead atoms. The monoisotopic (exact) mass is 429 g/mol. The molecule has 30 heavy (non-hydrogen) atoms. The number of hydrogen-bond donors (Lipinski definition) is 1. The number of carbonyl (C=O) groups excluding carboxylic acids is 3. The number of nitrogens with zero attached hydrogens (tertiary/aromatic N) is 2. The van der Waals surface area contributed by atoms with Gasteiger partial charge in [-0.05, 0) is 49.7 Å². The second-order valence-electron chi connectivity index (χ2n) is 6.83. The normalized spacial score (nSPS) is 14.7. The zero-order chi connectivity index (χ0) is 21.9.